The molecule has 4 rings (SSSR count). The Balaban J connectivity index is 1.64. The number of benzene rings is 2. The van der Waals surface area contributed by atoms with Crippen LogP contribution >= 0.6 is 35.1 Å². The molecule has 1 saturated heterocycles. The topological polar surface area (TPSA) is 46.9 Å². The third kappa shape index (κ3) is 4.33. The monoisotopic (exact) mass is 469 g/mol. The van der Waals surface area contributed by atoms with E-state index in [1.165, 1.54) is 28.6 Å². The molecule has 0 saturated carbocycles. The molecule has 0 spiro atoms. The number of nitrogens with one attached hydrogen (secondary N) is 1. The number of carbonyl (C=O) groups is 1. The van der Waals surface area contributed by atoms with Gasteiger partial charge in [-0.15, -0.1) is 11.8 Å². The van der Waals surface area contributed by atoms with E-state index in [9.17, 15) is 18.0 Å². The van der Waals surface area contributed by atoms with Crippen molar-refractivity contribution in [1.82, 2.24) is 15.1 Å². The number of halogens is 4. The Labute approximate surface area is 183 Å². The summed E-state index contributed by atoms with van der Waals surface area (Å²) in [5.74, 6) is -0.113. The maximum absolute atomic E-state index is 13.4. The van der Waals surface area contributed by atoms with Crippen LogP contribution in [0.5, 0.6) is 0 Å². The van der Waals surface area contributed by atoms with Gasteiger partial charge in [-0.2, -0.15) is 18.3 Å². The number of rotatable bonds is 4. The maximum Gasteiger partial charge on any atom is 0.416 e. The fourth-order valence-corrected chi connectivity index (χ4v) is 5.03. The van der Waals surface area contributed by atoms with E-state index < -0.39 is 11.7 Å². The van der Waals surface area contributed by atoms with Gasteiger partial charge in [0.2, 0.25) is 0 Å². The fraction of sp³-hybridized carbons (Fsp3) is 0.200. The van der Waals surface area contributed by atoms with E-state index in [1.807, 2.05) is 18.4 Å². The van der Waals surface area contributed by atoms with Crippen molar-refractivity contribution in [2.24, 2.45) is 0 Å². The zero-order valence-electron chi connectivity index (χ0n) is 15.5. The average Bonchev–Trinajstić information content (AvgIpc) is 3.25. The predicted molar refractivity (Wildman–Crippen MR) is 116 cm³/mol. The van der Waals surface area contributed by atoms with Crippen molar-refractivity contribution < 1.29 is 18.0 Å². The molecule has 0 bridgehead atoms. The van der Waals surface area contributed by atoms with Gasteiger partial charge in [0, 0.05) is 10.4 Å². The second kappa shape index (κ2) is 8.20. The molecule has 2 aromatic carbocycles. The van der Waals surface area contributed by atoms with Crippen molar-refractivity contribution >= 4 is 58.0 Å². The summed E-state index contributed by atoms with van der Waals surface area (Å²) in [6.07, 6.45) is 0.823. The highest BCUT2D eigenvalue weighted by Crippen LogP contribution is 2.36. The Morgan fingerprint density at radius 1 is 1.30 bits per heavy atom. The molecule has 1 aromatic heterocycles. The summed E-state index contributed by atoms with van der Waals surface area (Å²) >= 11 is 8.76. The van der Waals surface area contributed by atoms with Crippen molar-refractivity contribution in [1.29, 1.82) is 0 Å². The van der Waals surface area contributed by atoms with Gasteiger partial charge in [0.25, 0.3) is 5.91 Å². The SMILES string of the molecule is CSC1NC(=O)/C(=C/c2ccc3c(cnn3Cc3ccc(Cl)cc3C(F)(F)F)c2)S1. The lowest BCUT2D eigenvalue weighted by Gasteiger charge is -2.14. The zero-order chi connectivity index (χ0) is 21.5. The highest BCUT2D eigenvalue weighted by molar-refractivity contribution is 8.19. The first-order valence-corrected chi connectivity index (χ1v) is 11.3. The molecule has 156 valence electrons. The third-order valence-electron chi connectivity index (χ3n) is 4.58. The molecule has 2 heterocycles. The first kappa shape index (κ1) is 21.1. The summed E-state index contributed by atoms with van der Waals surface area (Å²) in [6, 6.07) is 9.21. The van der Waals surface area contributed by atoms with Gasteiger partial charge in [-0.05, 0) is 47.7 Å². The van der Waals surface area contributed by atoms with E-state index in [0.29, 0.717) is 10.4 Å². The van der Waals surface area contributed by atoms with E-state index in [1.54, 1.807) is 30.1 Å². The second-order valence-electron chi connectivity index (χ2n) is 6.59. The number of amides is 1. The van der Waals surface area contributed by atoms with Gasteiger partial charge in [0.05, 0.1) is 28.7 Å². The quantitative estimate of drug-likeness (QED) is 0.505. The number of alkyl halides is 3. The molecule has 1 aliphatic rings. The highest BCUT2D eigenvalue weighted by atomic mass is 35.5. The molecular weight excluding hydrogens is 455 g/mol. The van der Waals surface area contributed by atoms with Gasteiger partial charge in [0.15, 0.2) is 0 Å². The van der Waals surface area contributed by atoms with Crippen molar-refractivity contribution in [3.8, 4) is 0 Å². The number of hydrogen-bond acceptors (Lipinski definition) is 4. The Kier molecular flexibility index (Phi) is 5.78. The molecule has 1 amide bonds. The number of aromatic nitrogens is 2. The van der Waals surface area contributed by atoms with Crippen LogP contribution in [0.2, 0.25) is 5.02 Å². The van der Waals surface area contributed by atoms with Crippen molar-refractivity contribution in [2.75, 3.05) is 6.26 Å². The lowest BCUT2D eigenvalue weighted by molar-refractivity contribution is -0.138. The van der Waals surface area contributed by atoms with Gasteiger partial charge < -0.3 is 5.32 Å². The molecule has 0 aliphatic carbocycles. The van der Waals surface area contributed by atoms with Gasteiger partial charge in [0.1, 0.15) is 4.71 Å². The molecule has 30 heavy (non-hydrogen) atoms. The number of thioether (sulfide) groups is 2. The van der Waals surface area contributed by atoms with Crippen LogP contribution < -0.4 is 5.32 Å². The standard InChI is InChI=1S/C20H15ClF3N3OS2/c1-29-19-26-18(28)17(30-19)7-11-2-5-16-13(6-11)9-25-27(16)10-12-3-4-14(21)8-15(12)20(22,23)24/h2-9,19H,10H2,1H3,(H,26,28)/b17-7-. The molecule has 1 aliphatic heterocycles. The van der Waals surface area contributed by atoms with E-state index >= 15 is 0 Å². The van der Waals surface area contributed by atoms with Crippen LogP contribution in [0.3, 0.4) is 0 Å². The Bertz CT molecular complexity index is 1160. The molecule has 4 nitrogen and oxygen atoms in total. The Hall–Kier alpha value is -2.10. The molecule has 1 N–H and O–H groups in total. The second-order valence-corrected chi connectivity index (χ2v) is 9.41. The molecule has 0 radical (unpaired) electrons. The van der Waals surface area contributed by atoms with Crippen LogP contribution in [-0.4, -0.2) is 26.6 Å². The summed E-state index contributed by atoms with van der Waals surface area (Å²) in [4.78, 5) is 12.6. The summed E-state index contributed by atoms with van der Waals surface area (Å²) in [7, 11) is 0. The summed E-state index contributed by atoms with van der Waals surface area (Å²) in [5, 5.41) is 7.93. The fourth-order valence-electron chi connectivity index (χ4n) is 3.17. The van der Waals surface area contributed by atoms with Crippen LogP contribution in [0.15, 0.2) is 47.5 Å². The van der Waals surface area contributed by atoms with Crippen LogP contribution in [0, 0.1) is 0 Å². The van der Waals surface area contributed by atoms with Crippen LogP contribution in [-0.2, 0) is 17.5 Å². The molecule has 1 atom stereocenters. The van der Waals surface area contributed by atoms with Gasteiger partial charge >= 0.3 is 6.18 Å². The molecule has 3 aromatic rings. The predicted octanol–water partition coefficient (Wildman–Crippen LogP) is 5.61. The van der Waals surface area contributed by atoms with Gasteiger partial charge in [-0.1, -0.05) is 35.5 Å². The van der Waals surface area contributed by atoms with Crippen molar-refractivity contribution in [3.05, 3.63) is 69.2 Å². The average molecular weight is 470 g/mol. The first-order chi connectivity index (χ1) is 14.2. The summed E-state index contributed by atoms with van der Waals surface area (Å²) < 4.78 is 41.6. The smallest absolute Gasteiger partial charge is 0.331 e. The summed E-state index contributed by atoms with van der Waals surface area (Å²) in [5.41, 5.74) is 0.840. The number of carbonyl (C=O) groups excluding carboxylic acids is 1. The van der Waals surface area contributed by atoms with Gasteiger partial charge in [-0.25, -0.2) is 0 Å². The lowest BCUT2D eigenvalue weighted by atomic mass is 10.1. The minimum atomic E-state index is -4.50. The zero-order valence-corrected chi connectivity index (χ0v) is 17.9. The molecule has 10 heteroatoms. The normalized spacial score (nSPS) is 18.4. The minimum absolute atomic E-state index is 0.00237. The van der Waals surface area contributed by atoms with Crippen molar-refractivity contribution in [3.63, 3.8) is 0 Å². The Morgan fingerprint density at radius 2 is 2.10 bits per heavy atom. The van der Waals surface area contributed by atoms with Crippen LogP contribution in [0.25, 0.3) is 17.0 Å². The number of fused-ring (bicyclic) bond motifs is 1. The highest BCUT2D eigenvalue weighted by Gasteiger charge is 2.33. The van der Waals surface area contributed by atoms with E-state index in [4.69, 9.17) is 11.6 Å². The Morgan fingerprint density at radius 3 is 2.80 bits per heavy atom. The minimum Gasteiger partial charge on any atom is -0.331 e. The number of hydrogen-bond donors (Lipinski definition) is 1. The van der Waals surface area contributed by atoms with Gasteiger partial charge in [-0.3, -0.25) is 9.48 Å². The number of nitrogens with zero attached hydrogens (tertiary/aromatic N) is 2. The lowest BCUT2D eigenvalue weighted by Crippen LogP contribution is -2.21. The van der Waals surface area contributed by atoms with Crippen LogP contribution in [0.1, 0.15) is 16.7 Å². The van der Waals surface area contributed by atoms with E-state index in [-0.39, 0.29) is 27.7 Å². The molecule has 1 fully saturated rings. The largest absolute Gasteiger partial charge is 0.416 e. The molecular formula is C20H15ClF3N3OS2. The summed E-state index contributed by atoms with van der Waals surface area (Å²) in [6.45, 7) is -0.0381. The van der Waals surface area contributed by atoms with Crippen molar-refractivity contribution in [2.45, 2.75) is 17.4 Å². The van der Waals surface area contributed by atoms with E-state index in [0.717, 1.165) is 17.0 Å². The molecule has 1 unspecified atom stereocenters. The first-order valence-electron chi connectivity index (χ1n) is 8.78. The van der Waals surface area contributed by atoms with Crippen LogP contribution in [0.4, 0.5) is 13.2 Å². The third-order valence-corrected chi connectivity index (χ3v) is 7.12. The van der Waals surface area contributed by atoms with E-state index in [2.05, 4.69) is 10.4 Å². The maximum atomic E-state index is 13.4.